The first-order chi connectivity index (χ1) is 13.6. The summed E-state index contributed by atoms with van der Waals surface area (Å²) < 4.78 is 15.8. The maximum absolute atomic E-state index is 12.0. The average Bonchev–Trinajstić information content (AvgIpc) is 3.25. The number of carbonyl (C=O) groups excluding carboxylic acids is 2. The lowest BCUT2D eigenvalue weighted by Gasteiger charge is -2.16. The molecule has 2 N–H and O–H groups in total. The van der Waals surface area contributed by atoms with Gasteiger partial charge in [0.1, 0.15) is 6.61 Å². The number of methoxy groups -OCH3 is 2. The van der Waals surface area contributed by atoms with Crippen LogP contribution in [0.5, 0.6) is 0 Å². The van der Waals surface area contributed by atoms with Crippen LogP contribution in [0.4, 0.5) is 4.79 Å². The predicted octanol–water partition coefficient (Wildman–Crippen LogP) is 2.75. The summed E-state index contributed by atoms with van der Waals surface area (Å²) in [7, 11) is 3.18. The van der Waals surface area contributed by atoms with Gasteiger partial charge in [0.25, 0.3) is 0 Å². The van der Waals surface area contributed by atoms with Crippen LogP contribution < -0.4 is 10.6 Å². The molecule has 28 heavy (non-hydrogen) atoms. The van der Waals surface area contributed by atoms with Gasteiger partial charge in [-0.3, -0.25) is 4.79 Å². The Hall–Kier alpha value is -1.77. The molecule has 2 aliphatic rings. The van der Waals surface area contributed by atoms with E-state index in [-0.39, 0.29) is 30.7 Å². The number of benzene rings is 1. The number of hydrogen-bond donors (Lipinski definition) is 2. The first-order valence-corrected chi connectivity index (χ1v) is 10.6. The molecule has 3 atom stereocenters. The Bertz CT molecular complexity index is 665. The van der Waals surface area contributed by atoms with Gasteiger partial charge in [0.2, 0.25) is 0 Å². The number of fused-ring (bicyclic) bond motifs is 1. The van der Waals surface area contributed by atoms with Gasteiger partial charge in [-0.05, 0) is 18.4 Å². The van der Waals surface area contributed by atoms with Gasteiger partial charge in [-0.1, -0.05) is 30.7 Å². The van der Waals surface area contributed by atoms with Crippen molar-refractivity contribution in [2.75, 3.05) is 20.0 Å². The number of urea groups is 1. The van der Waals surface area contributed by atoms with Gasteiger partial charge in [-0.2, -0.15) is 11.8 Å². The normalized spacial score (nSPS) is 23.4. The second kappa shape index (κ2) is 10.1. The van der Waals surface area contributed by atoms with Crippen LogP contribution in [0, 0.1) is 0 Å². The molecule has 0 spiro atoms. The van der Waals surface area contributed by atoms with E-state index in [1.807, 2.05) is 36.0 Å². The van der Waals surface area contributed by atoms with Crippen LogP contribution in [0.15, 0.2) is 24.3 Å². The van der Waals surface area contributed by atoms with Gasteiger partial charge in [0.15, 0.2) is 6.29 Å². The minimum atomic E-state index is -0.391. The van der Waals surface area contributed by atoms with Gasteiger partial charge in [-0.15, -0.1) is 0 Å². The summed E-state index contributed by atoms with van der Waals surface area (Å²) in [4.78, 5) is 23.4. The minimum absolute atomic E-state index is 0.0585. The Morgan fingerprint density at radius 3 is 2.64 bits per heavy atom. The summed E-state index contributed by atoms with van der Waals surface area (Å²) in [6.45, 7) is 0.268. The topological polar surface area (TPSA) is 85.9 Å². The molecule has 7 nitrogen and oxygen atoms in total. The van der Waals surface area contributed by atoms with Crippen molar-refractivity contribution in [3.8, 4) is 0 Å². The molecule has 0 saturated carbocycles. The number of nitrogens with one attached hydrogen (secondary N) is 2. The summed E-state index contributed by atoms with van der Waals surface area (Å²) in [5.41, 5.74) is 1.85. The molecular formula is C20H28N2O5S. The third-order valence-electron chi connectivity index (χ3n) is 5.14. The fraction of sp³-hybridized carbons (Fsp3) is 0.600. The summed E-state index contributed by atoms with van der Waals surface area (Å²) >= 11 is 1.90. The number of esters is 1. The molecule has 1 aromatic rings. The smallest absolute Gasteiger partial charge is 0.315 e. The highest BCUT2D eigenvalue weighted by Gasteiger charge is 2.42. The molecule has 8 heteroatoms. The van der Waals surface area contributed by atoms with E-state index in [1.54, 1.807) is 14.2 Å². The van der Waals surface area contributed by atoms with Crippen molar-refractivity contribution in [3.05, 3.63) is 35.4 Å². The molecule has 0 radical (unpaired) electrons. The third-order valence-corrected chi connectivity index (χ3v) is 6.65. The monoisotopic (exact) mass is 408 g/mol. The number of unbranched alkanes of at least 4 members (excludes halogenated alkanes) is 1. The molecule has 2 heterocycles. The number of carbonyl (C=O) groups is 2. The van der Waals surface area contributed by atoms with Gasteiger partial charge >= 0.3 is 12.0 Å². The first kappa shape index (κ1) is 21.0. The van der Waals surface area contributed by atoms with Crippen molar-refractivity contribution in [3.63, 3.8) is 0 Å². The zero-order chi connectivity index (χ0) is 19.9. The highest BCUT2D eigenvalue weighted by Crippen LogP contribution is 2.33. The number of amides is 2. The Morgan fingerprint density at radius 1 is 1.18 bits per heavy atom. The Labute approximate surface area is 169 Å². The molecule has 0 bridgehead atoms. The highest BCUT2D eigenvalue weighted by molar-refractivity contribution is 8.00. The molecule has 2 aliphatic heterocycles. The fourth-order valence-corrected chi connectivity index (χ4v) is 5.18. The summed E-state index contributed by atoms with van der Waals surface area (Å²) in [5, 5.41) is 6.37. The molecule has 3 rings (SSSR count). The lowest BCUT2D eigenvalue weighted by molar-refractivity contribution is -0.145. The summed E-state index contributed by atoms with van der Waals surface area (Å²) in [5.74, 6) is 0.785. The van der Waals surface area contributed by atoms with Crippen molar-refractivity contribution < 1.29 is 23.8 Å². The minimum Gasteiger partial charge on any atom is -0.461 e. The van der Waals surface area contributed by atoms with Crippen LogP contribution in [0.25, 0.3) is 0 Å². The van der Waals surface area contributed by atoms with Gasteiger partial charge in [0.05, 0.1) is 12.1 Å². The molecule has 2 amide bonds. The van der Waals surface area contributed by atoms with Gasteiger partial charge in [-0.25, -0.2) is 4.79 Å². The maximum atomic E-state index is 12.0. The van der Waals surface area contributed by atoms with Crippen molar-refractivity contribution in [2.24, 2.45) is 0 Å². The van der Waals surface area contributed by atoms with Crippen LogP contribution in [0.2, 0.25) is 0 Å². The van der Waals surface area contributed by atoms with E-state index >= 15 is 0 Å². The quantitative estimate of drug-likeness (QED) is 0.268. The lowest BCUT2D eigenvalue weighted by atomic mass is 10.0. The summed E-state index contributed by atoms with van der Waals surface area (Å²) in [6.07, 6.45) is 2.79. The molecular weight excluding hydrogens is 380 g/mol. The van der Waals surface area contributed by atoms with Crippen LogP contribution in [0.1, 0.15) is 43.1 Å². The second-order valence-corrected chi connectivity index (χ2v) is 8.35. The van der Waals surface area contributed by atoms with Crippen LogP contribution in [-0.4, -0.2) is 49.3 Å². The first-order valence-electron chi connectivity index (χ1n) is 9.59. The Kier molecular flexibility index (Phi) is 7.58. The van der Waals surface area contributed by atoms with E-state index in [0.717, 1.165) is 36.1 Å². The molecule has 0 aliphatic carbocycles. The molecule has 1 aromatic carbocycles. The van der Waals surface area contributed by atoms with Crippen molar-refractivity contribution in [1.82, 2.24) is 10.6 Å². The van der Waals surface area contributed by atoms with Crippen molar-refractivity contribution in [2.45, 2.75) is 55.9 Å². The van der Waals surface area contributed by atoms with Crippen LogP contribution in [0.3, 0.4) is 0 Å². The van der Waals surface area contributed by atoms with E-state index in [2.05, 4.69) is 10.6 Å². The van der Waals surface area contributed by atoms with Crippen LogP contribution in [-0.2, 0) is 25.6 Å². The maximum Gasteiger partial charge on any atom is 0.315 e. The van der Waals surface area contributed by atoms with E-state index < -0.39 is 6.29 Å². The lowest BCUT2D eigenvalue weighted by Crippen LogP contribution is -2.36. The third kappa shape index (κ3) is 5.40. The SMILES string of the molecule is COC(OC)c1ccc(COC(=O)CCCC[C@@H]2SC[C@@H]3NC(=O)N[C@@H]32)cc1. The Balaban J connectivity index is 1.31. The fourth-order valence-electron chi connectivity index (χ4n) is 3.63. The second-order valence-electron chi connectivity index (χ2n) is 7.07. The molecule has 0 aromatic heterocycles. The van der Waals surface area contributed by atoms with E-state index in [9.17, 15) is 9.59 Å². The number of thioether (sulfide) groups is 1. The number of rotatable bonds is 10. The highest BCUT2D eigenvalue weighted by atomic mass is 32.2. The molecule has 154 valence electrons. The van der Waals surface area contributed by atoms with Gasteiger partial charge < -0.3 is 24.8 Å². The average molecular weight is 409 g/mol. The van der Waals surface area contributed by atoms with Crippen molar-refractivity contribution >= 4 is 23.8 Å². The van der Waals surface area contributed by atoms with Crippen molar-refractivity contribution in [1.29, 1.82) is 0 Å². The van der Waals surface area contributed by atoms with Gasteiger partial charge in [0, 0.05) is 37.2 Å². The predicted molar refractivity (Wildman–Crippen MR) is 107 cm³/mol. The summed E-state index contributed by atoms with van der Waals surface area (Å²) in [6, 6.07) is 8.05. The van der Waals surface area contributed by atoms with E-state index in [1.165, 1.54) is 0 Å². The number of hydrogen-bond acceptors (Lipinski definition) is 6. The number of ether oxygens (including phenoxy) is 3. The zero-order valence-corrected chi connectivity index (χ0v) is 17.1. The molecule has 2 saturated heterocycles. The largest absolute Gasteiger partial charge is 0.461 e. The Morgan fingerprint density at radius 2 is 1.93 bits per heavy atom. The standard InChI is InChI=1S/C20H28N2O5S/c1-25-19(26-2)14-9-7-13(8-10-14)11-27-17(23)6-4-3-5-16-18-15(12-28-16)21-20(24)22-18/h7-10,15-16,18-19H,3-6,11-12H2,1-2H3,(H2,21,22,24)/t15-,16-,18-/m0/s1. The van der Waals surface area contributed by atoms with E-state index in [4.69, 9.17) is 14.2 Å². The molecule has 0 unspecified atom stereocenters. The zero-order valence-electron chi connectivity index (χ0n) is 16.3. The van der Waals surface area contributed by atoms with E-state index in [0.29, 0.717) is 11.7 Å². The molecule has 2 fully saturated rings. The van der Waals surface area contributed by atoms with Crippen LogP contribution >= 0.6 is 11.8 Å².